The second kappa shape index (κ2) is 4.58. The minimum absolute atomic E-state index is 0.0741. The quantitative estimate of drug-likeness (QED) is 0.750. The summed E-state index contributed by atoms with van der Waals surface area (Å²) in [6.07, 6.45) is 6.92. The van der Waals surface area contributed by atoms with Gasteiger partial charge < -0.3 is 11.1 Å². The standard InChI is InChI=1S/C13H23N3O/c14-12-3-1-2-11(12)13(17)15-9-6-7-16(8-9)10-4-5-10/h9-12H,1-8,14H2,(H,15,17). The predicted octanol–water partition coefficient (Wildman–Crippen LogP) is 0.467. The molecule has 1 amide bonds. The molecule has 1 heterocycles. The Bertz CT molecular complexity index is 303. The molecule has 3 fully saturated rings. The minimum atomic E-state index is 0.0741. The van der Waals surface area contributed by atoms with Gasteiger partial charge in [0.05, 0.1) is 5.92 Å². The molecule has 17 heavy (non-hydrogen) atoms. The molecule has 2 saturated carbocycles. The average molecular weight is 237 g/mol. The van der Waals surface area contributed by atoms with E-state index in [1.807, 2.05) is 0 Å². The van der Waals surface area contributed by atoms with Gasteiger partial charge in [-0.15, -0.1) is 0 Å². The van der Waals surface area contributed by atoms with Gasteiger partial charge in [-0.05, 0) is 32.1 Å². The van der Waals surface area contributed by atoms with E-state index in [9.17, 15) is 4.79 Å². The fourth-order valence-electron chi connectivity index (χ4n) is 3.30. The molecule has 0 aromatic rings. The molecule has 3 atom stereocenters. The Kier molecular flexibility index (Phi) is 3.09. The van der Waals surface area contributed by atoms with Gasteiger partial charge in [-0.1, -0.05) is 6.42 Å². The van der Waals surface area contributed by atoms with Gasteiger partial charge in [-0.25, -0.2) is 0 Å². The third-order valence-electron chi connectivity index (χ3n) is 4.54. The van der Waals surface area contributed by atoms with Crippen molar-refractivity contribution in [2.45, 2.75) is 56.7 Å². The molecule has 2 aliphatic carbocycles. The average Bonchev–Trinajstić information content (AvgIpc) is 2.90. The summed E-state index contributed by atoms with van der Waals surface area (Å²) < 4.78 is 0. The third kappa shape index (κ3) is 2.47. The van der Waals surface area contributed by atoms with Crippen LogP contribution in [0.25, 0.3) is 0 Å². The van der Waals surface area contributed by atoms with E-state index in [4.69, 9.17) is 5.73 Å². The van der Waals surface area contributed by atoms with E-state index >= 15 is 0 Å². The first-order valence-corrected chi connectivity index (χ1v) is 7.04. The SMILES string of the molecule is NC1CCCC1C(=O)NC1CCN(C2CC2)C1. The molecule has 0 spiro atoms. The number of carbonyl (C=O) groups excluding carboxylic acids is 1. The maximum atomic E-state index is 12.1. The number of rotatable bonds is 3. The van der Waals surface area contributed by atoms with Gasteiger partial charge in [0, 0.05) is 31.2 Å². The van der Waals surface area contributed by atoms with Crippen LogP contribution in [0.2, 0.25) is 0 Å². The van der Waals surface area contributed by atoms with Gasteiger partial charge in [0.25, 0.3) is 0 Å². The Morgan fingerprint density at radius 2 is 2.00 bits per heavy atom. The van der Waals surface area contributed by atoms with Crippen LogP contribution in [-0.2, 0) is 4.79 Å². The third-order valence-corrected chi connectivity index (χ3v) is 4.54. The highest BCUT2D eigenvalue weighted by atomic mass is 16.2. The summed E-state index contributed by atoms with van der Waals surface area (Å²) in [5.41, 5.74) is 5.97. The van der Waals surface area contributed by atoms with Crippen LogP contribution < -0.4 is 11.1 Å². The lowest BCUT2D eigenvalue weighted by Gasteiger charge is -2.19. The predicted molar refractivity (Wildman–Crippen MR) is 66.5 cm³/mol. The van der Waals surface area contributed by atoms with Gasteiger partial charge in [0.1, 0.15) is 0 Å². The van der Waals surface area contributed by atoms with Gasteiger partial charge in [0.15, 0.2) is 0 Å². The van der Waals surface area contributed by atoms with Gasteiger partial charge in [-0.2, -0.15) is 0 Å². The smallest absolute Gasteiger partial charge is 0.224 e. The Balaban J connectivity index is 1.48. The van der Waals surface area contributed by atoms with Crippen molar-refractivity contribution in [2.75, 3.05) is 13.1 Å². The minimum Gasteiger partial charge on any atom is -0.352 e. The maximum absolute atomic E-state index is 12.1. The van der Waals surface area contributed by atoms with Crippen molar-refractivity contribution >= 4 is 5.91 Å². The van der Waals surface area contributed by atoms with Crippen LogP contribution in [0.4, 0.5) is 0 Å². The lowest BCUT2D eigenvalue weighted by atomic mass is 10.0. The van der Waals surface area contributed by atoms with Crippen LogP contribution in [-0.4, -0.2) is 42.0 Å². The van der Waals surface area contributed by atoms with E-state index in [2.05, 4.69) is 10.2 Å². The van der Waals surface area contributed by atoms with Crippen LogP contribution in [0.3, 0.4) is 0 Å². The highest BCUT2D eigenvalue weighted by molar-refractivity contribution is 5.80. The Hall–Kier alpha value is -0.610. The fraction of sp³-hybridized carbons (Fsp3) is 0.923. The van der Waals surface area contributed by atoms with Gasteiger partial charge >= 0.3 is 0 Å². The Morgan fingerprint density at radius 1 is 1.18 bits per heavy atom. The number of nitrogens with zero attached hydrogens (tertiary/aromatic N) is 1. The fourth-order valence-corrected chi connectivity index (χ4v) is 3.30. The molecule has 4 nitrogen and oxygen atoms in total. The molecule has 1 aliphatic heterocycles. The van der Waals surface area contributed by atoms with Gasteiger partial charge in [0.2, 0.25) is 5.91 Å². The summed E-state index contributed by atoms with van der Waals surface area (Å²) in [4.78, 5) is 14.6. The molecule has 4 heteroatoms. The normalized spacial score (nSPS) is 38.5. The molecule has 3 aliphatic rings. The molecule has 0 bridgehead atoms. The van der Waals surface area contributed by atoms with Gasteiger partial charge in [-0.3, -0.25) is 9.69 Å². The zero-order valence-corrected chi connectivity index (χ0v) is 10.4. The largest absolute Gasteiger partial charge is 0.352 e. The Morgan fingerprint density at radius 3 is 2.65 bits per heavy atom. The first-order valence-electron chi connectivity index (χ1n) is 7.04. The summed E-state index contributed by atoms with van der Waals surface area (Å²) in [6, 6.07) is 1.29. The Labute approximate surface area is 103 Å². The van der Waals surface area contributed by atoms with E-state index < -0.39 is 0 Å². The molecule has 0 radical (unpaired) electrons. The number of likely N-dealkylation sites (tertiary alicyclic amines) is 1. The highest BCUT2D eigenvalue weighted by Gasteiger charge is 2.36. The molecular formula is C13H23N3O. The molecule has 0 aromatic carbocycles. The summed E-state index contributed by atoms with van der Waals surface area (Å²) in [7, 11) is 0. The van der Waals surface area contributed by atoms with Crippen LogP contribution in [0.15, 0.2) is 0 Å². The second-order valence-electron chi connectivity index (χ2n) is 5.92. The molecule has 3 N–H and O–H groups in total. The second-order valence-corrected chi connectivity index (χ2v) is 5.92. The molecule has 0 aromatic heterocycles. The van der Waals surface area contributed by atoms with Crippen LogP contribution >= 0.6 is 0 Å². The van der Waals surface area contributed by atoms with Crippen molar-refractivity contribution in [2.24, 2.45) is 11.7 Å². The summed E-state index contributed by atoms with van der Waals surface area (Å²) >= 11 is 0. The maximum Gasteiger partial charge on any atom is 0.224 e. The zero-order valence-electron chi connectivity index (χ0n) is 10.4. The first-order chi connectivity index (χ1) is 8.24. The van der Waals surface area contributed by atoms with E-state index in [1.165, 1.54) is 12.8 Å². The number of carbonyl (C=O) groups is 1. The van der Waals surface area contributed by atoms with E-state index in [0.29, 0.717) is 6.04 Å². The number of amides is 1. The number of hydrogen-bond acceptors (Lipinski definition) is 3. The van der Waals surface area contributed by atoms with Crippen molar-refractivity contribution in [1.29, 1.82) is 0 Å². The van der Waals surface area contributed by atoms with E-state index in [-0.39, 0.29) is 17.9 Å². The summed E-state index contributed by atoms with van der Waals surface area (Å²) in [5, 5.41) is 3.20. The highest BCUT2D eigenvalue weighted by Crippen LogP contribution is 2.30. The van der Waals surface area contributed by atoms with E-state index in [1.54, 1.807) is 0 Å². The number of nitrogens with two attached hydrogens (primary N) is 1. The lowest BCUT2D eigenvalue weighted by Crippen LogP contribution is -2.44. The van der Waals surface area contributed by atoms with E-state index in [0.717, 1.165) is 44.8 Å². The van der Waals surface area contributed by atoms with Crippen LogP contribution in [0.5, 0.6) is 0 Å². The molecular weight excluding hydrogens is 214 g/mol. The molecule has 3 unspecified atom stereocenters. The number of hydrogen-bond donors (Lipinski definition) is 2. The summed E-state index contributed by atoms with van der Waals surface area (Å²) in [5.74, 6) is 0.280. The van der Waals surface area contributed by atoms with Crippen molar-refractivity contribution in [1.82, 2.24) is 10.2 Å². The summed E-state index contributed by atoms with van der Waals surface area (Å²) in [6.45, 7) is 2.21. The monoisotopic (exact) mass is 237 g/mol. The molecule has 96 valence electrons. The number of nitrogens with one attached hydrogen (secondary N) is 1. The molecule has 1 saturated heterocycles. The van der Waals surface area contributed by atoms with Crippen molar-refractivity contribution in [3.8, 4) is 0 Å². The topological polar surface area (TPSA) is 58.4 Å². The molecule has 3 rings (SSSR count). The van der Waals surface area contributed by atoms with Crippen molar-refractivity contribution in [3.63, 3.8) is 0 Å². The first kappa shape index (κ1) is 11.5. The van der Waals surface area contributed by atoms with Crippen LogP contribution in [0.1, 0.15) is 38.5 Å². The van der Waals surface area contributed by atoms with Crippen molar-refractivity contribution in [3.05, 3.63) is 0 Å². The lowest BCUT2D eigenvalue weighted by molar-refractivity contribution is -0.125. The van der Waals surface area contributed by atoms with Crippen molar-refractivity contribution < 1.29 is 4.79 Å². The van der Waals surface area contributed by atoms with Crippen LogP contribution in [0, 0.1) is 5.92 Å². The zero-order chi connectivity index (χ0) is 11.8.